The van der Waals surface area contributed by atoms with Crippen molar-refractivity contribution in [2.45, 2.75) is 11.4 Å². The highest BCUT2D eigenvalue weighted by Gasteiger charge is 2.25. The van der Waals surface area contributed by atoms with Gasteiger partial charge in [-0.15, -0.1) is 4.40 Å². The molecule has 7 nitrogen and oxygen atoms in total. The summed E-state index contributed by atoms with van der Waals surface area (Å²) in [5.41, 5.74) is 0.436. The van der Waals surface area contributed by atoms with E-state index < -0.39 is 10.0 Å². The van der Waals surface area contributed by atoms with Gasteiger partial charge >= 0.3 is 0 Å². The van der Waals surface area contributed by atoms with E-state index in [1.165, 1.54) is 17.2 Å². The molecule has 0 saturated carbocycles. The first-order valence-electron chi connectivity index (χ1n) is 6.51. The molecule has 0 atom stereocenters. The second-order valence-corrected chi connectivity index (χ2v) is 6.25. The average molecular weight is 319 g/mol. The Labute approximate surface area is 127 Å². The van der Waals surface area contributed by atoms with Crippen molar-refractivity contribution in [1.82, 2.24) is 5.32 Å². The molecule has 1 amide bonds. The molecule has 22 heavy (non-hydrogen) atoms. The van der Waals surface area contributed by atoms with E-state index in [-0.39, 0.29) is 23.9 Å². The van der Waals surface area contributed by atoms with E-state index in [2.05, 4.69) is 9.71 Å². The lowest BCUT2D eigenvalue weighted by molar-refractivity contribution is -0.119. The molecule has 0 aliphatic carbocycles. The number of furan rings is 1. The third kappa shape index (κ3) is 2.86. The molecule has 1 aliphatic heterocycles. The van der Waals surface area contributed by atoms with Gasteiger partial charge in [0, 0.05) is 0 Å². The molecule has 0 saturated heterocycles. The fraction of sp³-hybridized carbons (Fsp3) is 0.143. The summed E-state index contributed by atoms with van der Waals surface area (Å²) in [6.07, 6.45) is 2.68. The zero-order chi connectivity index (χ0) is 15.6. The Hall–Kier alpha value is -2.61. The van der Waals surface area contributed by atoms with E-state index in [4.69, 9.17) is 4.42 Å². The fourth-order valence-electron chi connectivity index (χ4n) is 2.09. The molecule has 0 unspecified atom stereocenters. The van der Waals surface area contributed by atoms with E-state index in [1.807, 2.05) is 0 Å². The van der Waals surface area contributed by atoms with Crippen LogP contribution in [-0.2, 0) is 21.4 Å². The average Bonchev–Trinajstić information content (AvgIpc) is 3.02. The van der Waals surface area contributed by atoms with Gasteiger partial charge in [0.15, 0.2) is 0 Å². The Balaban J connectivity index is 1.72. The van der Waals surface area contributed by atoms with E-state index in [9.17, 15) is 13.2 Å². The van der Waals surface area contributed by atoms with Gasteiger partial charge in [0.05, 0.1) is 18.5 Å². The van der Waals surface area contributed by atoms with E-state index >= 15 is 0 Å². The van der Waals surface area contributed by atoms with Crippen LogP contribution in [0.5, 0.6) is 0 Å². The molecule has 0 spiro atoms. The van der Waals surface area contributed by atoms with Crippen LogP contribution in [-0.4, -0.2) is 27.2 Å². The van der Waals surface area contributed by atoms with Gasteiger partial charge in [0.2, 0.25) is 5.91 Å². The standard InChI is InChI=1S/C14H13N3O4S/c18-14(15-8-11-4-3-7-21-11)9-17-10-16-22(19,20)13-6-2-1-5-12(13)17/h1-7,10H,8-9H2,(H,15,18). The van der Waals surface area contributed by atoms with Crippen LogP contribution in [0.2, 0.25) is 0 Å². The smallest absolute Gasteiger partial charge is 0.285 e. The monoisotopic (exact) mass is 319 g/mol. The van der Waals surface area contributed by atoms with Crippen LogP contribution >= 0.6 is 0 Å². The van der Waals surface area contributed by atoms with Crippen LogP contribution in [0.3, 0.4) is 0 Å². The topological polar surface area (TPSA) is 92.0 Å². The van der Waals surface area contributed by atoms with E-state index in [1.54, 1.807) is 30.3 Å². The summed E-state index contributed by atoms with van der Waals surface area (Å²) in [6.45, 7) is 0.244. The zero-order valence-electron chi connectivity index (χ0n) is 11.5. The van der Waals surface area contributed by atoms with Crippen LogP contribution in [0.1, 0.15) is 5.76 Å². The zero-order valence-corrected chi connectivity index (χ0v) is 12.3. The maximum Gasteiger partial charge on any atom is 0.285 e. The number of rotatable bonds is 4. The number of anilines is 1. The van der Waals surface area contributed by atoms with Crippen LogP contribution < -0.4 is 10.2 Å². The maximum absolute atomic E-state index is 12.0. The number of hydrogen-bond donors (Lipinski definition) is 1. The van der Waals surface area contributed by atoms with Gasteiger partial charge in [0.1, 0.15) is 23.5 Å². The molecular weight excluding hydrogens is 306 g/mol. The van der Waals surface area contributed by atoms with E-state index in [0.717, 1.165) is 6.34 Å². The number of amides is 1. The molecule has 2 heterocycles. The number of nitrogens with one attached hydrogen (secondary N) is 1. The summed E-state index contributed by atoms with van der Waals surface area (Å²) in [6, 6.07) is 9.92. The van der Waals surface area contributed by atoms with Crippen LogP contribution in [0.4, 0.5) is 5.69 Å². The van der Waals surface area contributed by atoms with Crippen molar-refractivity contribution >= 4 is 28.0 Å². The van der Waals surface area contributed by atoms with Gasteiger partial charge in [0.25, 0.3) is 10.0 Å². The van der Waals surface area contributed by atoms with Crippen LogP contribution in [0.25, 0.3) is 0 Å². The third-order valence-corrected chi connectivity index (χ3v) is 4.40. The van der Waals surface area contributed by atoms with Crippen molar-refractivity contribution in [2.75, 3.05) is 11.4 Å². The number of fused-ring (bicyclic) bond motifs is 1. The van der Waals surface area contributed by atoms with Crippen molar-refractivity contribution < 1.29 is 17.6 Å². The lowest BCUT2D eigenvalue weighted by atomic mass is 10.3. The quantitative estimate of drug-likeness (QED) is 0.912. The SMILES string of the molecule is O=C(CN1C=NS(=O)(=O)c2ccccc21)NCc1ccco1. The number of carbonyl (C=O) groups excluding carboxylic acids is 1. The first-order valence-corrected chi connectivity index (χ1v) is 7.95. The predicted molar refractivity (Wildman–Crippen MR) is 80.0 cm³/mol. The first kappa shape index (κ1) is 14.3. The highest BCUT2D eigenvalue weighted by Crippen LogP contribution is 2.28. The largest absolute Gasteiger partial charge is 0.467 e. The summed E-state index contributed by atoms with van der Waals surface area (Å²) < 4.78 is 32.3. The molecule has 3 rings (SSSR count). The Morgan fingerprint density at radius 1 is 1.23 bits per heavy atom. The van der Waals surface area contributed by atoms with Gasteiger partial charge in [-0.2, -0.15) is 8.42 Å². The molecule has 0 fully saturated rings. The molecule has 1 aromatic carbocycles. The van der Waals surface area contributed by atoms with Crippen molar-refractivity contribution in [3.63, 3.8) is 0 Å². The summed E-state index contributed by atoms with van der Waals surface area (Å²) in [5.74, 6) is 0.376. The molecule has 8 heteroatoms. The van der Waals surface area contributed by atoms with Gasteiger partial charge < -0.3 is 14.6 Å². The van der Waals surface area contributed by atoms with E-state index in [0.29, 0.717) is 11.4 Å². The number of benzene rings is 1. The second kappa shape index (κ2) is 5.64. The highest BCUT2D eigenvalue weighted by molar-refractivity contribution is 7.90. The lowest BCUT2D eigenvalue weighted by Crippen LogP contribution is -2.38. The molecule has 0 bridgehead atoms. The van der Waals surface area contributed by atoms with Crippen molar-refractivity contribution in [2.24, 2.45) is 4.40 Å². The molecule has 1 N–H and O–H groups in total. The highest BCUT2D eigenvalue weighted by atomic mass is 32.2. The number of para-hydroxylation sites is 1. The molecule has 1 aromatic heterocycles. The van der Waals surface area contributed by atoms with Gasteiger partial charge in [-0.05, 0) is 24.3 Å². The van der Waals surface area contributed by atoms with Gasteiger partial charge in [-0.1, -0.05) is 12.1 Å². The Kier molecular flexibility index (Phi) is 3.68. The minimum atomic E-state index is -3.68. The number of hydrogen-bond acceptors (Lipinski definition) is 5. The van der Waals surface area contributed by atoms with Gasteiger partial charge in [-0.25, -0.2) is 0 Å². The number of sulfonamides is 1. The minimum absolute atomic E-state index is 0.0310. The summed E-state index contributed by atoms with van der Waals surface area (Å²) in [4.78, 5) is 13.6. The summed E-state index contributed by atoms with van der Waals surface area (Å²) in [5, 5.41) is 2.70. The second-order valence-electron chi connectivity index (χ2n) is 4.65. The Bertz CT molecular complexity index is 812. The molecule has 1 aliphatic rings. The molecule has 0 radical (unpaired) electrons. The molecule has 114 valence electrons. The Morgan fingerprint density at radius 2 is 2.05 bits per heavy atom. The third-order valence-electron chi connectivity index (χ3n) is 3.13. The number of nitrogens with zero attached hydrogens (tertiary/aromatic N) is 2. The van der Waals surface area contributed by atoms with Crippen LogP contribution in [0.15, 0.2) is 56.4 Å². The molecular formula is C14H13N3O4S. The van der Waals surface area contributed by atoms with Crippen LogP contribution in [0, 0.1) is 0 Å². The summed E-state index contributed by atoms with van der Waals surface area (Å²) >= 11 is 0. The normalized spacial score (nSPS) is 15.4. The maximum atomic E-state index is 12.0. The number of carbonyl (C=O) groups is 1. The summed E-state index contributed by atoms with van der Waals surface area (Å²) in [7, 11) is -3.68. The molecule has 2 aromatic rings. The minimum Gasteiger partial charge on any atom is -0.467 e. The van der Waals surface area contributed by atoms with Crippen molar-refractivity contribution in [1.29, 1.82) is 0 Å². The van der Waals surface area contributed by atoms with Crippen molar-refractivity contribution in [3.05, 3.63) is 48.4 Å². The predicted octanol–water partition coefficient (Wildman–Crippen LogP) is 1.13. The first-order chi connectivity index (χ1) is 10.6. The lowest BCUT2D eigenvalue weighted by Gasteiger charge is -2.24. The fourth-order valence-corrected chi connectivity index (χ4v) is 3.14. The Morgan fingerprint density at radius 3 is 2.82 bits per heavy atom. The van der Waals surface area contributed by atoms with Gasteiger partial charge in [-0.3, -0.25) is 4.79 Å². The van der Waals surface area contributed by atoms with Crippen molar-refractivity contribution in [3.8, 4) is 0 Å².